The number of rotatable bonds is 6. The zero-order chi connectivity index (χ0) is 18.5. The van der Waals surface area contributed by atoms with Crippen molar-refractivity contribution >= 4 is 17.5 Å². The average molecular weight is 366 g/mol. The molecule has 0 fully saturated rings. The van der Waals surface area contributed by atoms with Gasteiger partial charge in [0, 0.05) is 16.0 Å². The monoisotopic (exact) mass is 366 g/mol. The predicted octanol–water partition coefficient (Wildman–Crippen LogP) is 3.64. The summed E-state index contributed by atoms with van der Waals surface area (Å²) in [5.74, 6) is 0.456. The van der Waals surface area contributed by atoms with Gasteiger partial charge in [0.25, 0.3) is 5.56 Å². The molecule has 5 nitrogen and oxygen atoms in total. The molecule has 132 valence electrons. The molecule has 0 amide bonds. The normalized spacial score (nSPS) is 10.5. The Morgan fingerprint density at radius 3 is 2.35 bits per heavy atom. The molecular weight excluding hydrogens is 348 g/mol. The van der Waals surface area contributed by atoms with Crippen LogP contribution in [0.1, 0.15) is 11.1 Å². The Kier molecular flexibility index (Phi) is 5.43. The van der Waals surface area contributed by atoms with Gasteiger partial charge in [-0.3, -0.25) is 14.3 Å². The average Bonchev–Trinajstić information content (AvgIpc) is 2.67. The number of nitrogens with one attached hydrogen (secondary N) is 1. The van der Waals surface area contributed by atoms with Crippen molar-refractivity contribution in [2.24, 2.45) is 0 Å². The van der Waals surface area contributed by atoms with Crippen LogP contribution < -0.4 is 11.2 Å². The first-order valence-electron chi connectivity index (χ1n) is 8.00. The molecule has 3 rings (SSSR count). The van der Waals surface area contributed by atoms with Gasteiger partial charge in [0.05, 0.1) is 5.03 Å². The second-order valence-electron chi connectivity index (χ2n) is 5.60. The minimum atomic E-state index is -0.514. The van der Waals surface area contributed by atoms with Crippen molar-refractivity contribution in [1.82, 2.24) is 9.55 Å². The van der Waals surface area contributed by atoms with Crippen molar-refractivity contribution in [1.29, 1.82) is 0 Å². The zero-order valence-corrected chi connectivity index (χ0v) is 15.1. The lowest BCUT2D eigenvalue weighted by Gasteiger charge is -2.16. The van der Waals surface area contributed by atoms with Gasteiger partial charge in [0.15, 0.2) is 6.73 Å². The predicted molar refractivity (Wildman–Crippen MR) is 103 cm³/mol. The number of nitrogens with zero attached hydrogens (tertiary/aromatic N) is 1. The van der Waals surface area contributed by atoms with Crippen molar-refractivity contribution in [3.05, 3.63) is 99.2 Å². The van der Waals surface area contributed by atoms with Gasteiger partial charge < -0.3 is 4.74 Å². The number of aromatic amines is 1. The van der Waals surface area contributed by atoms with Crippen molar-refractivity contribution in [3.8, 4) is 0 Å². The Labute approximate surface area is 155 Å². The molecule has 2 aromatic carbocycles. The number of ether oxygens (including phenoxy) is 1. The van der Waals surface area contributed by atoms with Crippen LogP contribution in [0.4, 0.5) is 0 Å². The van der Waals surface area contributed by atoms with Gasteiger partial charge in [0.1, 0.15) is 5.76 Å². The van der Waals surface area contributed by atoms with E-state index in [1.165, 1.54) is 16.3 Å². The lowest BCUT2D eigenvalue weighted by molar-refractivity contribution is 0.184. The first kappa shape index (κ1) is 17.8. The van der Waals surface area contributed by atoms with Crippen LogP contribution in [0.3, 0.4) is 0 Å². The molecule has 0 atom stereocenters. The summed E-state index contributed by atoms with van der Waals surface area (Å²) in [4.78, 5) is 27.6. The van der Waals surface area contributed by atoms with Crippen molar-refractivity contribution in [2.45, 2.75) is 23.6 Å². The molecule has 1 aromatic heterocycles. The van der Waals surface area contributed by atoms with E-state index in [0.29, 0.717) is 16.3 Å². The molecule has 0 spiro atoms. The van der Waals surface area contributed by atoms with E-state index in [1.807, 2.05) is 60.7 Å². The van der Waals surface area contributed by atoms with Crippen molar-refractivity contribution in [3.63, 3.8) is 0 Å². The highest BCUT2D eigenvalue weighted by molar-refractivity contribution is 7.99. The van der Waals surface area contributed by atoms with Crippen molar-refractivity contribution in [2.75, 3.05) is 0 Å². The van der Waals surface area contributed by atoms with Gasteiger partial charge in [-0.25, -0.2) is 4.79 Å². The molecule has 0 aliphatic rings. The number of aromatic nitrogens is 2. The van der Waals surface area contributed by atoms with Gasteiger partial charge in [-0.2, -0.15) is 0 Å². The first-order chi connectivity index (χ1) is 12.6. The third kappa shape index (κ3) is 3.97. The minimum absolute atomic E-state index is 0.0423. The lowest BCUT2D eigenvalue weighted by atomic mass is 10.2. The van der Waals surface area contributed by atoms with Gasteiger partial charge in [-0.15, -0.1) is 0 Å². The molecule has 0 saturated heterocycles. The molecule has 6 heteroatoms. The summed E-state index contributed by atoms with van der Waals surface area (Å²) in [7, 11) is 0. The smallest absolute Gasteiger partial charge is 0.331 e. The van der Waals surface area contributed by atoms with E-state index in [2.05, 4.69) is 11.6 Å². The number of hydrogen-bond donors (Lipinski definition) is 1. The van der Waals surface area contributed by atoms with E-state index < -0.39 is 11.2 Å². The highest BCUT2D eigenvalue weighted by Gasteiger charge is 2.14. The molecule has 26 heavy (non-hydrogen) atoms. The first-order valence-corrected chi connectivity index (χ1v) is 8.81. The fourth-order valence-corrected chi connectivity index (χ4v) is 3.36. The van der Waals surface area contributed by atoms with Crippen LogP contribution >= 0.6 is 11.8 Å². The third-order valence-electron chi connectivity index (χ3n) is 3.79. The van der Waals surface area contributed by atoms with Crippen LogP contribution in [-0.2, 0) is 11.5 Å². The van der Waals surface area contributed by atoms with Crippen LogP contribution in [0.15, 0.2) is 86.8 Å². The lowest BCUT2D eigenvalue weighted by Crippen LogP contribution is -2.33. The summed E-state index contributed by atoms with van der Waals surface area (Å²) in [6.45, 7) is 5.55. The highest BCUT2D eigenvalue weighted by Crippen LogP contribution is 2.28. The summed E-state index contributed by atoms with van der Waals surface area (Å²) in [6, 6.07) is 19.0. The van der Waals surface area contributed by atoms with Crippen LogP contribution in [0.2, 0.25) is 0 Å². The second-order valence-corrected chi connectivity index (χ2v) is 6.66. The van der Waals surface area contributed by atoms with Crippen LogP contribution in [0.5, 0.6) is 0 Å². The van der Waals surface area contributed by atoms with E-state index in [0.717, 1.165) is 10.5 Å². The Hall–Kier alpha value is -2.99. The third-order valence-corrected chi connectivity index (χ3v) is 5.02. The molecule has 0 radical (unpaired) electrons. The van der Waals surface area contributed by atoms with E-state index in [4.69, 9.17) is 4.74 Å². The minimum Gasteiger partial charge on any atom is -0.473 e. The summed E-state index contributed by atoms with van der Waals surface area (Å²) >= 11 is 1.35. The summed E-state index contributed by atoms with van der Waals surface area (Å²) in [5.41, 5.74) is 0.387. The molecule has 0 bridgehead atoms. The quantitative estimate of drug-likeness (QED) is 0.534. The standard InChI is InChI=1S/C20H18N2O3S/c1-14-18(23)21-20(24)22(19(14)26-17-11-7-4-8-12-17)13-25-15(2)16-9-5-3-6-10-16/h3-12H,2,13H2,1H3,(H,21,23,24). The molecule has 1 heterocycles. The molecule has 0 unspecified atom stereocenters. The molecule has 0 aliphatic carbocycles. The highest BCUT2D eigenvalue weighted by atomic mass is 32.2. The van der Waals surface area contributed by atoms with Gasteiger partial charge in [0.2, 0.25) is 0 Å². The second kappa shape index (κ2) is 7.93. The SMILES string of the molecule is C=C(OCn1c(Sc2ccccc2)c(C)c(=O)[nH]c1=O)c1ccccc1. The van der Waals surface area contributed by atoms with E-state index in [1.54, 1.807) is 6.92 Å². The Morgan fingerprint density at radius 1 is 1.08 bits per heavy atom. The zero-order valence-electron chi connectivity index (χ0n) is 14.3. The molecule has 0 saturated carbocycles. The van der Waals surface area contributed by atoms with E-state index in [-0.39, 0.29) is 6.73 Å². The number of hydrogen-bond acceptors (Lipinski definition) is 4. The van der Waals surface area contributed by atoms with Gasteiger partial charge in [-0.1, -0.05) is 66.9 Å². The maximum Gasteiger partial charge on any atom is 0.331 e. The Balaban J connectivity index is 1.91. The van der Waals surface area contributed by atoms with Gasteiger partial charge >= 0.3 is 5.69 Å². The maximum absolute atomic E-state index is 12.3. The van der Waals surface area contributed by atoms with E-state index >= 15 is 0 Å². The molecule has 1 N–H and O–H groups in total. The van der Waals surface area contributed by atoms with Crippen LogP contribution in [0, 0.1) is 6.92 Å². The van der Waals surface area contributed by atoms with Crippen LogP contribution in [0.25, 0.3) is 5.76 Å². The maximum atomic E-state index is 12.3. The van der Waals surface area contributed by atoms with Gasteiger partial charge in [-0.05, 0) is 19.1 Å². The largest absolute Gasteiger partial charge is 0.473 e. The topological polar surface area (TPSA) is 64.1 Å². The fourth-order valence-electron chi connectivity index (χ4n) is 2.35. The van der Waals surface area contributed by atoms with Crippen molar-refractivity contribution < 1.29 is 4.74 Å². The molecule has 0 aliphatic heterocycles. The Morgan fingerprint density at radius 2 is 1.69 bits per heavy atom. The number of H-pyrrole nitrogens is 1. The molecular formula is C20H18N2O3S. The molecule has 3 aromatic rings. The van der Waals surface area contributed by atoms with E-state index in [9.17, 15) is 9.59 Å². The van der Waals surface area contributed by atoms with Crippen LogP contribution in [-0.4, -0.2) is 9.55 Å². The Bertz CT molecular complexity index is 1020. The summed E-state index contributed by atoms with van der Waals surface area (Å²) in [5, 5.41) is 0.547. The summed E-state index contributed by atoms with van der Waals surface area (Å²) in [6.07, 6.45) is 0. The summed E-state index contributed by atoms with van der Waals surface area (Å²) < 4.78 is 7.11. The fraction of sp³-hybridized carbons (Fsp3) is 0.100. The number of benzene rings is 2.